The van der Waals surface area contributed by atoms with Crippen molar-refractivity contribution in [2.45, 2.75) is 68.7 Å². The summed E-state index contributed by atoms with van der Waals surface area (Å²) in [5.41, 5.74) is -0.125. The number of piperidine rings is 1. The van der Waals surface area contributed by atoms with E-state index in [1.165, 1.54) is 25.7 Å². The second kappa shape index (κ2) is 3.37. The molecule has 0 radical (unpaired) electrons. The smallest absolute Gasteiger partial charge is 0.410 e. The van der Waals surface area contributed by atoms with E-state index in [0.29, 0.717) is 18.1 Å². The van der Waals surface area contributed by atoms with Gasteiger partial charge in [0.25, 0.3) is 0 Å². The van der Waals surface area contributed by atoms with Crippen LogP contribution in [0.15, 0.2) is 0 Å². The highest BCUT2D eigenvalue weighted by molar-refractivity contribution is 5.70. The zero-order chi connectivity index (χ0) is 11.5. The van der Waals surface area contributed by atoms with E-state index in [1.807, 2.05) is 4.90 Å². The topological polar surface area (TPSA) is 41.6 Å². The predicted molar refractivity (Wildman–Crippen MR) is 62.7 cm³/mol. The molecule has 1 spiro atoms. The molecule has 3 aliphatic heterocycles. The van der Waals surface area contributed by atoms with E-state index in [2.05, 4.69) is 5.32 Å². The number of nitrogens with one attached hydrogen (secondary N) is 1. The van der Waals surface area contributed by atoms with E-state index < -0.39 is 0 Å². The maximum absolute atomic E-state index is 12.1. The molecule has 3 saturated heterocycles. The molecule has 94 valence electrons. The van der Waals surface area contributed by atoms with Crippen molar-refractivity contribution in [2.75, 3.05) is 6.54 Å². The molecule has 4 fully saturated rings. The highest BCUT2D eigenvalue weighted by atomic mass is 16.6. The van der Waals surface area contributed by atoms with Crippen LogP contribution in [0.3, 0.4) is 0 Å². The van der Waals surface area contributed by atoms with Crippen LogP contribution in [0.1, 0.15) is 44.9 Å². The lowest BCUT2D eigenvalue weighted by Crippen LogP contribution is -2.57. The Balaban J connectivity index is 1.50. The number of nitrogens with zero attached hydrogens (tertiary/aromatic N) is 1. The van der Waals surface area contributed by atoms with Crippen LogP contribution in [-0.2, 0) is 4.74 Å². The van der Waals surface area contributed by atoms with Gasteiger partial charge in [-0.2, -0.15) is 0 Å². The molecule has 0 aromatic rings. The third kappa shape index (κ3) is 1.65. The van der Waals surface area contributed by atoms with Gasteiger partial charge in [0.1, 0.15) is 5.60 Å². The largest absolute Gasteiger partial charge is 0.443 e. The number of ether oxygens (including phenoxy) is 1. The maximum Gasteiger partial charge on any atom is 0.410 e. The molecule has 0 aromatic heterocycles. The minimum absolute atomic E-state index is 0.0416. The first-order valence-corrected chi connectivity index (χ1v) is 7.00. The average molecular weight is 236 g/mol. The van der Waals surface area contributed by atoms with Gasteiger partial charge < -0.3 is 15.0 Å². The summed E-state index contributed by atoms with van der Waals surface area (Å²) in [6, 6.07) is 1.68. The SMILES string of the molecule is O=C1OC2(CCN1C1CC1)C[C@H]1CC[C@@H](C2)N1. The summed E-state index contributed by atoms with van der Waals surface area (Å²) < 4.78 is 5.86. The van der Waals surface area contributed by atoms with Gasteiger partial charge >= 0.3 is 6.09 Å². The highest BCUT2D eigenvalue weighted by Gasteiger charge is 2.50. The molecule has 1 aliphatic carbocycles. The van der Waals surface area contributed by atoms with Crippen LogP contribution >= 0.6 is 0 Å². The maximum atomic E-state index is 12.1. The summed E-state index contributed by atoms with van der Waals surface area (Å²) in [5.74, 6) is 0. The Morgan fingerprint density at radius 3 is 2.47 bits per heavy atom. The van der Waals surface area contributed by atoms with Crippen LogP contribution in [0, 0.1) is 0 Å². The lowest BCUT2D eigenvalue weighted by atomic mass is 9.83. The quantitative estimate of drug-likeness (QED) is 0.752. The summed E-state index contributed by atoms with van der Waals surface area (Å²) in [5, 5.41) is 3.62. The molecule has 1 unspecified atom stereocenters. The van der Waals surface area contributed by atoms with E-state index in [-0.39, 0.29) is 11.7 Å². The monoisotopic (exact) mass is 236 g/mol. The minimum atomic E-state index is -0.125. The van der Waals surface area contributed by atoms with Crippen molar-refractivity contribution < 1.29 is 9.53 Å². The molecule has 4 heteroatoms. The number of rotatable bonds is 1. The van der Waals surface area contributed by atoms with Crippen LogP contribution in [0.5, 0.6) is 0 Å². The van der Waals surface area contributed by atoms with Gasteiger partial charge in [-0.25, -0.2) is 4.79 Å². The predicted octanol–water partition coefficient (Wildman–Crippen LogP) is 1.64. The van der Waals surface area contributed by atoms with Crippen molar-refractivity contribution in [2.24, 2.45) is 0 Å². The van der Waals surface area contributed by atoms with Gasteiger partial charge in [-0.15, -0.1) is 0 Å². The fourth-order valence-electron chi connectivity index (χ4n) is 3.92. The van der Waals surface area contributed by atoms with E-state index in [9.17, 15) is 4.79 Å². The summed E-state index contributed by atoms with van der Waals surface area (Å²) in [6.07, 6.45) is 7.95. The van der Waals surface area contributed by atoms with Gasteiger partial charge in [0.15, 0.2) is 0 Å². The van der Waals surface area contributed by atoms with Crippen LogP contribution in [0.4, 0.5) is 4.79 Å². The first-order valence-electron chi connectivity index (χ1n) is 7.00. The highest BCUT2D eigenvalue weighted by Crippen LogP contribution is 2.42. The zero-order valence-corrected chi connectivity index (χ0v) is 10.2. The Bertz CT molecular complexity index is 341. The zero-order valence-electron chi connectivity index (χ0n) is 10.2. The van der Waals surface area contributed by atoms with Crippen molar-refractivity contribution in [3.63, 3.8) is 0 Å². The Hall–Kier alpha value is -0.770. The molecule has 3 atom stereocenters. The molecule has 4 aliphatic rings. The molecule has 1 amide bonds. The number of amides is 1. The van der Waals surface area contributed by atoms with Crippen molar-refractivity contribution in [3.8, 4) is 0 Å². The second-order valence-electron chi connectivity index (χ2n) is 6.27. The van der Waals surface area contributed by atoms with Gasteiger partial charge in [-0.1, -0.05) is 0 Å². The first-order chi connectivity index (χ1) is 8.24. The molecule has 2 bridgehead atoms. The Morgan fingerprint density at radius 1 is 1.18 bits per heavy atom. The minimum Gasteiger partial charge on any atom is -0.443 e. The average Bonchev–Trinajstić information content (AvgIpc) is 3.05. The molecule has 4 rings (SSSR count). The molecular formula is C13H20N2O2. The van der Waals surface area contributed by atoms with Crippen molar-refractivity contribution in [1.29, 1.82) is 0 Å². The summed E-state index contributed by atoms with van der Waals surface area (Å²) >= 11 is 0. The van der Waals surface area contributed by atoms with Crippen molar-refractivity contribution in [3.05, 3.63) is 0 Å². The number of carbonyl (C=O) groups is 1. The van der Waals surface area contributed by atoms with Gasteiger partial charge in [-0.05, 0) is 25.7 Å². The Kier molecular flexibility index (Phi) is 2.02. The van der Waals surface area contributed by atoms with Crippen LogP contribution in [0.25, 0.3) is 0 Å². The molecule has 3 heterocycles. The van der Waals surface area contributed by atoms with Gasteiger partial charge in [0.05, 0.1) is 0 Å². The Morgan fingerprint density at radius 2 is 1.88 bits per heavy atom. The lowest BCUT2D eigenvalue weighted by Gasteiger charge is -2.45. The van der Waals surface area contributed by atoms with E-state index >= 15 is 0 Å². The normalized spacial score (nSPS) is 45.2. The van der Waals surface area contributed by atoms with Crippen LogP contribution in [-0.4, -0.2) is 41.3 Å². The van der Waals surface area contributed by atoms with Crippen LogP contribution < -0.4 is 5.32 Å². The number of hydrogen-bond acceptors (Lipinski definition) is 3. The van der Waals surface area contributed by atoms with E-state index in [4.69, 9.17) is 4.74 Å². The first kappa shape index (κ1) is 10.2. The fourth-order valence-corrected chi connectivity index (χ4v) is 3.92. The van der Waals surface area contributed by atoms with E-state index in [1.54, 1.807) is 0 Å². The standard InChI is InChI=1S/C13H20N2O2/c16-12-15(11-3-4-11)6-5-13(17-12)7-9-1-2-10(8-13)14-9/h9-11,14H,1-8H2/t9-,10+,13?. The molecular weight excluding hydrogens is 216 g/mol. The third-order valence-corrected chi connectivity index (χ3v) is 4.91. The fraction of sp³-hybridized carbons (Fsp3) is 0.923. The number of fused-ring (bicyclic) bond motifs is 2. The Labute approximate surface area is 102 Å². The molecule has 1 N–H and O–H groups in total. The molecule has 0 aromatic carbocycles. The molecule has 17 heavy (non-hydrogen) atoms. The summed E-state index contributed by atoms with van der Waals surface area (Å²) in [7, 11) is 0. The van der Waals surface area contributed by atoms with Gasteiger partial charge in [0.2, 0.25) is 0 Å². The van der Waals surface area contributed by atoms with Gasteiger partial charge in [-0.3, -0.25) is 0 Å². The van der Waals surface area contributed by atoms with Crippen molar-refractivity contribution >= 4 is 6.09 Å². The van der Waals surface area contributed by atoms with Gasteiger partial charge in [0, 0.05) is 43.9 Å². The van der Waals surface area contributed by atoms with Crippen molar-refractivity contribution in [1.82, 2.24) is 10.2 Å². The third-order valence-electron chi connectivity index (χ3n) is 4.91. The molecule has 1 saturated carbocycles. The van der Waals surface area contributed by atoms with E-state index in [0.717, 1.165) is 25.8 Å². The number of carbonyl (C=O) groups excluding carboxylic acids is 1. The van der Waals surface area contributed by atoms with Crippen LogP contribution in [0.2, 0.25) is 0 Å². The number of hydrogen-bond donors (Lipinski definition) is 1. The summed E-state index contributed by atoms with van der Waals surface area (Å²) in [6.45, 7) is 0.920. The molecule has 4 nitrogen and oxygen atoms in total. The summed E-state index contributed by atoms with van der Waals surface area (Å²) in [4.78, 5) is 14.0. The lowest BCUT2D eigenvalue weighted by molar-refractivity contribution is -0.0756. The second-order valence-corrected chi connectivity index (χ2v) is 6.27.